The fourth-order valence-corrected chi connectivity index (χ4v) is 1.91. The van der Waals surface area contributed by atoms with Gasteiger partial charge in [-0.25, -0.2) is 4.98 Å². The molecule has 0 unspecified atom stereocenters. The summed E-state index contributed by atoms with van der Waals surface area (Å²) in [5.74, 6) is 0.591. The Kier molecular flexibility index (Phi) is 4.14. The molecule has 0 saturated carbocycles. The van der Waals surface area contributed by atoms with Gasteiger partial charge in [0, 0.05) is 19.6 Å². The lowest BCUT2D eigenvalue weighted by molar-refractivity contribution is -0.137. The number of alkyl halides is 3. The summed E-state index contributed by atoms with van der Waals surface area (Å²) in [5, 5.41) is 2.83. The summed E-state index contributed by atoms with van der Waals surface area (Å²) in [6.45, 7) is 4.47. The zero-order valence-electron chi connectivity index (χ0n) is 10.6. The van der Waals surface area contributed by atoms with Crippen molar-refractivity contribution in [1.29, 1.82) is 0 Å². The number of rotatable bonds is 3. The van der Waals surface area contributed by atoms with Gasteiger partial charge in [0.25, 0.3) is 0 Å². The molecule has 0 atom stereocenters. The van der Waals surface area contributed by atoms with Crippen LogP contribution in [0.4, 0.5) is 24.8 Å². The number of hydrogen-bond donors (Lipinski definition) is 1. The molecule has 1 aromatic heterocycles. The second kappa shape index (κ2) is 5.64. The number of nitrogens with zero attached hydrogens (tertiary/aromatic N) is 2. The van der Waals surface area contributed by atoms with Crippen molar-refractivity contribution in [3.8, 4) is 0 Å². The van der Waals surface area contributed by atoms with Crippen LogP contribution in [0.5, 0.6) is 0 Å². The zero-order chi connectivity index (χ0) is 13.9. The molecule has 0 radical (unpaired) electrons. The Bertz CT molecular complexity index is 431. The van der Waals surface area contributed by atoms with Crippen molar-refractivity contribution in [2.75, 3.05) is 43.1 Å². The van der Waals surface area contributed by atoms with E-state index in [0.29, 0.717) is 38.7 Å². The van der Waals surface area contributed by atoms with E-state index in [4.69, 9.17) is 4.74 Å². The minimum Gasteiger partial charge on any atom is -0.378 e. The van der Waals surface area contributed by atoms with Crippen molar-refractivity contribution in [3.05, 3.63) is 17.7 Å². The smallest absolute Gasteiger partial charge is 0.378 e. The summed E-state index contributed by atoms with van der Waals surface area (Å²) in [6.07, 6.45) is -4.37. The minimum absolute atomic E-state index is 0.249. The lowest BCUT2D eigenvalue weighted by atomic mass is 10.2. The highest BCUT2D eigenvalue weighted by Gasteiger charge is 2.32. The van der Waals surface area contributed by atoms with Gasteiger partial charge >= 0.3 is 6.18 Å². The molecule has 2 rings (SSSR count). The maximum absolute atomic E-state index is 12.9. The maximum Gasteiger partial charge on any atom is 0.416 e. The number of nitrogens with one attached hydrogen (secondary N) is 1. The van der Waals surface area contributed by atoms with Crippen LogP contribution in [0.3, 0.4) is 0 Å². The lowest BCUT2D eigenvalue weighted by Crippen LogP contribution is -2.37. The maximum atomic E-state index is 12.9. The van der Waals surface area contributed by atoms with Gasteiger partial charge in [0.2, 0.25) is 0 Å². The summed E-state index contributed by atoms with van der Waals surface area (Å²) in [6, 6.07) is 2.12. The molecule has 0 amide bonds. The first-order valence-corrected chi connectivity index (χ1v) is 6.16. The number of anilines is 2. The first-order chi connectivity index (χ1) is 9.00. The molecule has 1 aliphatic heterocycles. The number of aromatic nitrogens is 1. The average molecular weight is 275 g/mol. The van der Waals surface area contributed by atoms with Crippen molar-refractivity contribution in [2.24, 2.45) is 0 Å². The molecule has 1 N–H and O–H groups in total. The third-order valence-corrected chi connectivity index (χ3v) is 2.83. The molecule has 1 aliphatic rings. The molecule has 106 valence electrons. The Labute approximate surface area is 109 Å². The van der Waals surface area contributed by atoms with Gasteiger partial charge in [0.05, 0.1) is 18.8 Å². The van der Waals surface area contributed by atoms with E-state index >= 15 is 0 Å². The van der Waals surface area contributed by atoms with Crippen LogP contribution < -0.4 is 10.2 Å². The molecule has 0 aromatic carbocycles. The Morgan fingerprint density at radius 1 is 1.32 bits per heavy atom. The number of ether oxygens (including phenoxy) is 1. The van der Waals surface area contributed by atoms with Crippen LogP contribution in [0.2, 0.25) is 0 Å². The van der Waals surface area contributed by atoms with Crippen molar-refractivity contribution < 1.29 is 17.9 Å². The van der Waals surface area contributed by atoms with Crippen LogP contribution in [-0.2, 0) is 10.9 Å². The second-order valence-corrected chi connectivity index (χ2v) is 4.23. The molecule has 7 heteroatoms. The van der Waals surface area contributed by atoms with Crippen molar-refractivity contribution in [2.45, 2.75) is 13.1 Å². The summed E-state index contributed by atoms with van der Waals surface area (Å²) < 4.78 is 43.8. The first kappa shape index (κ1) is 13.9. The first-order valence-electron chi connectivity index (χ1n) is 6.16. The van der Waals surface area contributed by atoms with E-state index < -0.39 is 11.7 Å². The highest BCUT2D eigenvalue weighted by Crippen LogP contribution is 2.33. The van der Waals surface area contributed by atoms with Crippen LogP contribution in [-0.4, -0.2) is 37.8 Å². The summed E-state index contributed by atoms with van der Waals surface area (Å²) in [4.78, 5) is 6.02. The monoisotopic (exact) mass is 275 g/mol. The summed E-state index contributed by atoms with van der Waals surface area (Å²) in [7, 11) is 0. The third-order valence-electron chi connectivity index (χ3n) is 2.83. The molecule has 1 aromatic rings. The predicted octanol–water partition coefficient (Wildman–Crippen LogP) is 2.37. The molecule has 2 heterocycles. The molecule has 1 saturated heterocycles. The Morgan fingerprint density at radius 2 is 2.00 bits per heavy atom. The highest BCUT2D eigenvalue weighted by atomic mass is 19.4. The zero-order valence-corrected chi connectivity index (χ0v) is 10.6. The third kappa shape index (κ3) is 3.50. The van der Waals surface area contributed by atoms with Crippen molar-refractivity contribution in [3.63, 3.8) is 0 Å². The van der Waals surface area contributed by atoms with Gasteiger partial charge in [-0.1, -0.05) is 0 Å². The van der Waals surface area contributed by atoms with E-state index in [1.54, 1.807) is 4.90 Å². The normalized spacial score (nSPS) is 16.5. The standard InChI is InChI=1S/C12H16F3N3O/c1-2-16-10-7-9(12(13,14)15)8-11(17-10)18-3-5-19-6-4-18/h7-8H,2-6H2,1H3,(H,16,17). The van der Waals surface area contributed by atoms with Gasteiger partial charge in [0.15, 0.2) is 0 Å². The second-order valence-electron chi connectivity index (χ2n) is 4.23. The quantitative estimate of drug-likeness (QED) is 0.919. The number of morpholine rings is 1. The summed E-state index contributed by atoms with van der Waals surface area (Å²) in [5.41, 5.74) is -0.681. The molecule has 1 fully saturated rings. The predicted molar refractivity (Wildman–Crippen MR) is 66.4 cm³/mol. The van der Waals surface area contributed by atoms with Crippen molar-refractivity contribution >= 4 is 11.6 Å². The Balaban J connectivity index is 2.33. The fourth-order valence-electron chi connectivity index (χ4n) is 1.91. The SMILES string of the molecule is CCNc1cc(C(F)(F)F)cc(N2CCOCC2)n1. The average Bonchev–Trinajstić information content (AvgIpc) is 2.39. The molecule has 0 spiro atoms. The molecular formula is C12H16F3N3O. The van der Waals surface area contributed by atoms with Crippen LogP contribution in [0, 0.1) is 0 Å². The van der Waals surface area contributed by atoms with E-state index in [1.165, 1.54) is 0 Å². The van der Waals surface area contributed by atoms with Gasteiger partial charge in [-0.3, -0.25) is 0 Å². The molecule has 0 aliphatic carbocycles. The topological polar surface area (TPSA) is 37.4 Å². The van der Waals surface area contributed by atoms with Gasteiger partial charge < -0.3 is 15.0 Å². The van der Waals surface area contributed by atoms with Crippen LogP contribution in [0.25, 0.3) is 0 Å². The van der Waals surface area contributed by atoms with Crippen LogP contribution >= 0.6 is 0 Å². The van der Waals surface area contributed by atoms with Gasteiger partial charge in [-0.2, -0.15) is 13.2 Å². The molecule has 4 nitrogen and oxygen atoms in total. The number of pyridine rings is 1. The van der Waals surface area contributed by atoms with Gasteiger partial charge in [0.1, 0.15) is 11.6 Å². The van der Waals surface area contributed by atoms with E-state index in [1.807, 2.05) is 6.92 Å². The molecule has 0 bridgehead atoms. The van der Waals surface area contributed by atoms with Gasteiger partial charge in [-0.05, 0) is 19.1 Å². The van der Waals surface area contributed by atoms with Crippen LogP contribution in [0.1, 0.15) is 12.5 Å². The largest absolute Gasteiger partial charge is 0.416 e. The number of hydrogen-bond acceptors (Lipinski definition) is 4. The van der Waals surface area contributed by atoms with E-state index in [-0.39, 0.29) is 5.82 Å². The fraction of sp³-hybridized carbons (Fsp3) is 0.583. The number of halogens is 3. The lowest BCUT2D eigenvalue weighted by Gasteiger charge is -2.28. The van der Waals surface area contributed by atoms with E-state index in [9.17, 15) is 13.2 Å². The van der Waals surface area contributed by atoms with Gasteiger partial charge in [-0.15, -0.1) is 0 Å². The summed E-state index contributed by atoms with van der Waals surface area (Å²) >= 11 is 0. The molecular weight excluding hydrogens is 259 g/mol. The Hall–Kier alpha value is -1.50. The van der Waals surface area contributed by atoms with Crippen molar-refractivity contribution in [1.82, 2.24) is 4.98 Å². The molecule has 19 heavy (non-hydrogen) atoms. The van der Waals surface area contributed by atoms with E-state index in [2.05, 4.69) is 10.3 Å². The highest BCUT2D eigenvalue weighted by molar-refractivity contribution is 5.51. The van der Waals surface area contributed by atoms with Crippen LogP contribution in [0.15, 0.2) is 12.1 Å². The van der Waals surface area contributed by atoms with E-state index in [0.717, 1.165) is 12.1 Å². The minimum atomic E-state index is -4.37. The Morgan fingerprint density at radius 3 is 2.58 bits per heavy atom.